The van der Waals surface area contributed by atoms with Crippen molar-refractivity contribution in [2.24, 2.45) is 4.99 Å². The van der Waals surface area contributed by atoms with Crippen molar-refractivity contribution < 1.29 is 9.90 Å². The molecule has 3 aromatic carbocycles. The van der Waals surface area contributed by atoms with E-state index in [2.05, 4.69) is 4.98 Å². The van der Waals surface area contributed by atoms with Crippen LogP contribution in [0, 0.1) is 0 Å². The molecule has 1 heterocycles. The van der Waals surface area contributed by atoms with Crippen molar-refractivity contribution in [2.75, 3.05) is 0 Å². The second-order valence-electron chi connectivity index (χ2n) is 7.00. The van der Waals surface area contributed by atoms with Gasteiger partial charge in [-0.2, -0.15) is 0 Å². The van der Waals surface area contributed by atoms with E-state index in [0.29, 0.717) is 13.0 Å². The molecule has 144 valence electrons. The first-order valence-corrected chi connectivity index (χ1v) is 9.64. The molecule has 4 rings (SSSR count). The molecule has 1 aromatic heterocycles. The number of aliphatic imine (C=N–C) groups is 1. The van der Waals surface area contributed by atoms with Gasteiger partial charge in [-0.25, -0.2) is 0 Å². The molecule has 0 spiro atoms. The molecule has 4 aromatic rings. The fraction of sp³-hybridized carbons (Fsp3) is 0.120. The average Bonchev–Trinajstić information content (AvgIpc) is 3.19. The van der Waals surface area contributed by atoms with Crippen molar-refractivity contribution in [3.05, 3.63) is 108 Å². The van der Waals surface area contributed by atoms with Crippen LogP contribution in [-0.2, 0) is 11.3 Å². The summed E-state index contributed by atoms with van der Waals surface area (Å²) in [5.41, 5.74) is 4.58. The zero-order valence-corrected chi connectivity index (χ0v) is 16.0. The fourth-order valence-corrected chi connectivity index (χ4v) is 3.58. The van der Waals surface area contributed by atoms with E-state index in [1.54, 1.807) is 0 Å². The van der Waals surface area contributed by atoms with Crippen LogP contribution in [0.4, 0.5) is 0 Å². The highest BCUT2D eigenvalue weighted by molar-refractivity contribution is 6.04. The number of nitrogens with one attached hydrogen (secondary N) is 1. The molecule has 0 bridgehead atoms. The van der Waals surface area contributed by atoms with Crippen LogP contribution in [0.15, 0.2) is 96.1 Å². The van der Waals surface area contributed by atoms with Gasteiger partial charge in [-0.3, -0.25) is 9.79 Å². The Kier molecular flexibility index (Phi) is 5.52. The monoisotopic (exact) mass is 382 g/mol. The summed E-state index contributed by atoms with van der Waals surface area (Å²) in [6.45, 7) is 0.519. The standard InChI is InChI=1S/C25H22N2O2/c28-25(29)21(22-17-27-23-14-8-7-13-20(22)23)15-24(19-11-5-2-6-12-19)26-16-18-9-3-1-4-10-18/h1-14,17,21,27H,15-16H2,(H,28,29). The number of carboxylic acid groups (broad SMARTS) is 1. The third-order valence-electron chi connectivity index (χ3n) is 5.09. The van der Waals surface area contributed by atoms with Crippen LogP contribution < -0.4 is 0 Å². The Hall–Kier alpha value is -3.66. The maximum absolute atomic E-state index is 12.2. The summed E-state index contributed by atoms with van der Waals surface area (Å²) in [5, 5.41) is 11.0. The van der Waals surface area contributed by atoms with E-state index in [1.165, 1.54) is 0 Å². The highest BCUT2D eigenvalue weighted by Crippen LogP contribution is 2.29. The highest BCUT2D eigenvalue weighted by Gasteiger charge is 2.25. The smallest absolute Gasteiger partial charge is 0.311 e. The van der Waals surface area contributed by atoms with Gasteiger partial charge in [-0.05, 0) is 22.8 Å². The summed E-state index contributed by atoms with van der Waals surface area (Å²) < 4.78 is 0. The van der Waals surface area contributed by atoms with E-state index in [9.17, 15) is 9.90 Å². The average molecular weight is 382 g/mol. The molecule has 4 nitrogen and oxygen atoms in total. The highest BCUT2D eigenvalue weighted by atomic mass is 16.4. The van der Waals surface area contributed by atoms with Gasteiger partial charge in [0.25, 0.3) is 0 Å². The third-order valence-corrected chi connectivity index (χ3v) is 5.09. The molecular formula is C25H22N2O2. The number of aliphatic carboxylic acids is 1. The van der Waals surface area contributed by atoms with Crippen LogP contribution >= 0.6 is 0 Å². The maximum Gasteiger partial charge on any atom is 0.311 e. The molecule has 0 saturated carbocycles. The normalized spacial score (nSPS) is 12.8. The topological polar surface area (TPSA) is 65.4 Å². The SMILES string of the molecule is O=C(O)C(CC(=NCc1ccccc1)c1ccccc1)c1c[nH]c2ccccc12. The third kappa shape index (κ3) is 4.27. The van der Waals surface area contributed by atoms with Crippen molar-refractivity contribution in [3.63, 3.8) is 0 Å². The number of nitrogens with zero attached hydrogens (tertiary/aromatic N) is 1. The molecule has 0 aliphatic heterocycles. The van der Waals surface area contributed by atoms with Gasteiger partial charge in [0.05, 0.1) is 12.5 Å². The number of fused-ring (bicyclic) bond motifs is 1. The van der Waals surface area contributed by atoms with Crippen LogP contribution in [0.25, 0.3) is 10.9 Å². The molecule has 0 saturated heterocycles. The van der Waals surface area contributed by atoms with E-state index in [0.717, 1.165) is 33.3 Å². The number of aromatic nitrogens is 1. The number of rotatable bonds is 7. The van der Waals surface area contributed by atoms with E-state index in [1.807, 2.05) is 91.1 Å². The molecule has 1 unspecified atom stereocenters. The Morgan fingerprint density at radius 1 is 0.897 bits per heavy atom. The second kappa shape index (κ2) is 8.57. The van der Waals surface area contributed by atoms with E-state index in [-0.39, 0.29) is 0 Å². The minimum Gasteiger partial charge on any atom is -0.481 e. The zero-order chi connectivity index (χ0) is 20.1. The van der Waals surface area contributed by atoms with E-state index >= 15 is 0 Å². The van der Waals surface area contributed by atoms with Crippen molar-refractivity contribution in [2.45, 2.75) is 18.9 Å². The predicted molar refractivity (Wildman–Crippen MR) is 116 cm³/mol. The summed E-state index contributed by atoms with van der Waals surface area (Å²) in [6.07, 6.45) is 2.14. The lowest BCUT2D eigenvalue weighted by atomic mass is 9.90. The van der Waals surface area contributed by atoms with Gasteiger partial charge in [0.2, 0.25) is 0 Å². The Morgan fingerprint density at radius 2 is 1.55 bits per heavy atom. The number of hydrogen-bond acceptors (Lipinski definition) is 2. The van der Waals surface area contributed by atoms with Gasteiger partial charge in [0.15, 0.2) is 0 Å². The molecule has 4 heteroatoms. The minimum absolute atomic E-state index is 0.327. The molecule has 2 N–H and O–H groups in total. The Balaban J connectivity index is 1.70. The lowest BCUT2D eigenvalue weighted by Crippen LogP contribution is -2.17. The van der Waals surface area contributed by atoms with Gasteiger partial charge in [0.1, 0.15) is 0 Å². The zero-order valence-electron chi connectivity index (χ0n) is 16.0. The molecule has 0 radical (unpaired) electrons. The summed E-state index contributed by atoms with van der Waals surface area (Å²) in [4.78, 5) is 20.2. The maximum atomic E-state index is 12.2. The number of carbonyl (C=O) groups is 1. The summed E-state index contributed by atoms with van der Waals surface area (Å²) in [5.74, 6) is -1.53. The Bertz CT molecular complexity index is 1130. The van der Waals surface area contributed by atoms with Gasteiger partial charge >= 0.3 is 5.97 Å². The Labute approximate surface area is 169 Å². The largest absolute Gasteiger partial charge is 0.481 e. The fourth-order valence-electron chi connectivity index (χ4n) is 3.58. The first kappa shape index (κ1) is 18.7. The minimum atomic E-state index is -0.849. The lowest BCUT2D eigenvalue weighted by molar-refractivity contribution is -0.138. The lowest BCUT2D eigenvalue weighted by Gasteiger charge is -2.15. The van der Waals surface area contributed by atoms with Crippen molar-refractivity contribution in [1.82, 2.24) is 4.98 Å². The quantitative estimate of drug-likeness (QED) is 0.419. The van der Waals surface area contributed by atoms with Crippen LogP contribution in [0.1, 0.15) is 29.0 Å². The van der Waals surface area contributed by atoms with Crippen LogP contribution in [0.3, 0.4) is 0 Å². The van der Waals surface area contributed by atoms with Crippen LogP contribution in [0.2, 0.25) is 0 Å². The predicted octanol–water partition coefficient (Wildman–Crippen LogP) is 5.42. The van der Waals surface area contributed by atoms with Crippen LogP contribution in [0.5, 0.6) is 0 Å². The molecule has 0 aliphatic carbocycles. The first-order chi connectivity index (χ1) is 14.2. The molecule has 0 fully saturated rings. The Morgan fingerprint density at radius 3 is 2.28 bits per heavy atom. The molecular weight excluding hydrogens is 360 g/mol. The van der Waals surface area contributed by atoms with Gasteiger partial charge in [-0.15, -0.1) is 0 Å². The first-order valence-electron chi connectivity index (χ1n) is 9.64. The number of hydrogen-bond donors (Lipinski definition) is 2. The van der Waals surface area contributed by atoms with Gasteiger partial charge in [0, 0.05) is 29.2 Å². The summed E-state index contributed by atoms with van der Waals surface area (Å²) >= 11 is 0. The molecule has 1 atom stereocenters. The molecule has 0 amide bonds. The molecule has 29 heavy (non-hydrogen) atoms. The van der Waals surface area contributed by atoms with Gasteiger partial charge < -0.3 is 10.1 Å². The van der Waals surface area contributed by atoms with Crippen LogP contribution in [-0.4, -0.2) is 21.8 Å². The molecule has 0 aliphatic rings. The number of para-hydroxylation sites is 1. The van der Waals surface area contributed by atoms with E-state index < -0.39 is 11.9 Å². The van der Waals surface area contributed by atoms with Crippen molar-refractivity contribution in [1.29, 1.82) is 0 Å². The number of benzene rings is 3. The van der Waals surface area contributed by atoms with Gasteiger partial charge in [-0.1, -0.05) is 78.9 Å². The van der Waals surface area contributed by atoms with Crippen molar-refractivity contribution >= 4 is 22.6 Å². The van der Waals surface area contributed by atoms with Crippen molar-refractivity contribution in [3.8, 4) is 0 Å². The summed E-state index contributed by atoms with van der Waals surface area (Å²) in [6, 6.07) is 27.6. The number of H-pyrrole nitrogens is 1. The number of carboxylic acids is 1. The van der Waals surface area contributed by atoms with E-state index in [4.69, 9.17) is 4.99 Å². The second-order valence-corrected chi connectivity index (χ2v) is 7.00. The summed E-state index contributed by atoms with van der Waals surface area (Å²) in [7, 11) is 0. The number of aromatic amines is 1.